The molecule has 1 N–H and O–H groups in total. The van der Waals surface area contributed by atoms with Gasteiger partial charge in [-0.2, -0.15) is 13.2 Å². The lowest BCUT2D eigenvalue weighted by molar-refractivity contribution is -0.141. The summed E-state index contributed by atoms with van der Waals surface area (Å²) < 4.78 is 38.0. The van der Waals surface area contributed by atoms with Crippen molar-refractivity contribution in [3.63, 3.8) is 0 Å². The van der Waals surface area contributed by atoms with Gasteiger partial charge < -0.3 is 5.32 Å². The van der Waals surface area contributed by atoms with E-state index < -0.39 is 11.9 Å². The van der Waals surface area contributed by atoms with Crippen LogP contribution in [0.15, 0.2) is 17.8 Å². The Morgan fingerprint density at radius 2 is 2.04 bits per heavy atom. The first kappa shape index (κ1) is 17.1. The number of aryl methyl sites for hydroxylation is 1. The Kier molecular flexibility index (Phi) is 5.00. The third-order valence-electron chi connectivity index (χ3n) is 3.95. The highest BCUT2D eigenvalue weighted by Gasteiger charge is 2.33. The van der Waals surface area contributed by atoms with Crippen molar-refractivity contribution in [2.24, 2.45) is 0 Å². The number of rotatable bonds is 4. The number of likely N-dealkylation sites (tertiary alicyclic amines) is 1. The first-order chi connectivity index (χ1) is 11.4. The van der Waals surface area contributed by atoms with Crippen LogP contribution in [0.25, 0.3) is 0 Å². The summed E-state index contributed by atoms with van der Waals surface area (Å²) in [6.45, 7) is 4.57. The molecule has 1 aliphatic heterocycles. The van der Waals surface area contributed by atoms with E-state index in [-0.39, 0.29) is 11.9 Å². The van der Waals surface area contributed by atoms with Crippen LogP contribution >= 0.6 is 11.3 Å². The molecule has 9 heteroatoms. The number of thiazole rings is 1. The molecule has 0 aliphatic carbocycles. The molecule has 0 bridgehead atoms. The molecule has 0 aromatic carbocycles. The van der Waals surface area contributed by atoms with Crippen molar-refractivity contribution in [3.8, 4) is 0 Å². The molecule has 2 aromatic heterocycles. The fraction of sp³-hybridized carbons (Fsp3) is 0.533. The molecule has 3 heterocycles. The molecule has 0 spiro atoms. The third kappa shape index (κ3) is 4.41. The maximum Gasteiger partial charge on any atom is 0.433 e. The third-order valence-corrected chi connectivity index (χ3v) is 4.77. The van der Waals surface area contributed by atoms with Crippen molar-refractivity contribution >= 4 is 17.2 Å². The van der Waals surface area contributed by atoms with Gasteiger partial charge in [0.25, 0.3) is 0 Å². The van der Waals surface area contributed by atoms with Crippen LogP contribution in [-0.4, -0.2) is 39.0 Å². The number of hydrogen-bond acceptors (Lipinski definition) is 6. The van der Waals surface area contributed by atoms with Crippen molar-refractivity contribution < 1.29 is 13.2 Å². The quantitative estimate of drug-likeness (QED) is 0.910. The van der Waals surface area contributed by atoms with E-state index in [2.05, 4.69) is 30.5 Å². The lowest BCUT2D eigenvalue weighted by Gasteiger charge is -2.32. The Bertz CT molecular complexity index is 680. The van der Waals surface area contributed by atoms with E-state index >= 15 is 0 Å². The van der Waals surface area contributed by atoms with Gasteiger partial charge >= 0.3 is 6.18 Å². The fourth-order valence-corrected chi connectivity index (χ4v) is 3.35. The van der Waals surface area contributed by atoms with E-state index in [1.54, 1.807) is 11.3 Å². The van der Waals surface area contributed by atoms with Crippen LogP contribution in [0.5, 0.6) is 0 Å². The van der Waals surface area contributed by atoms with E-state index in [0.29, 0.717) is 0 Å². The molecule has 5 nitrogen and oxygen atoms in total. The summed E-state index contributed by atoms with van der Waals surface area (Å²) in [4.78, 5) is 13.9. The van der Waals surface area contributed by atoms with Gasteiger partial charge in [0.05, 0.1) is 10.7 Å². The highest BCUT2D eigenvalue weighted by atomic mass is 32.1. The molecular formula is C15H18F3N5S. The van der Waals surface area contributed by atoms with Crippen LogP contribution in [0.2, 0.25) is 0 Å². The largest absolute Gasteiger partial charge is 0.433 e. The minimum absolute atomic E-state index is 0.120. The normalized spacial score (nSPS) is 17.2. The molecule has 24 heavy (non-hydrogen) atoms. The van der Waals surface area contributed by atoms with Crippen LogP contribution in [0.1, 0.15) is 29.2 Å². The minimum Gasteiger partial charge on any atom is -0.367 e. The summed E-state index contributed by atoms with van der Waals surface area (Å²) in [5.41, 5.74) is 0.158. The lowest BCUT2D eigenvalue weighted by Crippen LogP contribution is -2.38. The second kappa shape index (κ2) is 7.02. The molecule has 1 saturated heterocycles. The Balaban J connectivity index is 1.52. The molecule has 2 aromatic rings. The number of hydrogen-bond donors (Lipinski definition) is 1. The second-order valence-electron chi connectivity index (χ2n) is 5.84. The number of anilines is 1. The van der Waals surface area contributed by atoms with Gasteiger partial charge in [-0.1, -0.05) is 0 Å². The van der Waals surface area contributed by atoms with Gasteiger partial charge in [-0.3, -0.25) is 4.90 Å². The standard InChI is InChI=1S/C15H18F3N5S/c1-10-21-12(8-24-10)7-23-4-2-11(3-5-23)22-14-6-13(15(16,17)18)19-9-20-14/h6,8-9,11H,2-5,7H2,1H3,(H,19,20,22). The average Bonchev–Trinajstić information content (AvgIpc) is 2.94. The first-order valence-corrected chi connectivity index (χ1v) is 8.57. The minimum atomic E-state index is -4.45. The topological polar surface area (TPSA) is 53.9 Å². The molecule has 130 valence electrons. The van der Waals surface area contributed by atoms with E-state index in [4.69, 9.17) is 0 Å². The predicted molar refractivity (Wildman–Crippen MR) is 85.8 cm³/mol. The van der Waals surface area contributed by atoms with Crippen molar-refractivity contribution in [3.05, 3.63) is 34.2 Å². The highest BCUT2D eigenvalue weighted by Crippen LogP contribution is 2.28. The number of alkyl halides is 3. The Morgan fingerprint density at radius 1 is 1.29 bits per heavy atom. The van der Waals surface area contributed by atoms with Gasteiger partial charge in [0, 0.05) is 37.1 Å². The molecule has 0 unspecified atom stereocenters. The van der Waals surface area contributed by atoms with E-state index in [1.807, 2.05) is 6.92 Å². The molecule has 0 radical (unpaired) electrons. The Hall–Kier alpha value is -1.74. The van der Waals surface area contributed by atoms with Crippen LogP contribution < -0.4 is 5.32 Å². The Morgan fingerprint density at radius 3 is 2.67 bits per heavy atom. The molecular weight excluding hydrogens is 339 g/mol. The second-order valence-corrected chi connectivity index (χ2v) is 6.90. The van der Waals surface area contributed by atoms with E-state index in [9.17, 15) is 13.2 Å². The summed E-state index contributed by atoms with van der Waals surface area (Å²) in [6, 6.07) is 1.08. The molecule has 3 rings (SSSR count). The number of aromatic nitrogens is 3. The van der Waals surface area contributed by atoms with E-state index in [1.165, 1.54) is 0 Å². The first-order valence-electron chi connectivity index (χ1n) is 7.69. The highest BCUT2D eigenvalue weighted by molar-refractivity contribution is 7.09. The summed E-state index contributed by atoms with van der Waals surface area (Å²) in [6.07, 6.45) is -1.79. The number of halogens is 3. The summed E-state index contributed by atoms with van der Waals surface area (Å²) in [7, 11) is 0. The number of nitrogens with one attached hydrogen (secondary N) is 1. The number of piperidine rings is 1. The smallest absolute Gasteiger partial charge is 0.367 e. The molecule has 0 amide bonds. The van der Waals surface area contributed by atoms with Crippen LogP contribution in [0.3, 0.4) is 0 Å². The van der Waals surface area contributed by atoms with Gasteiger partial charge in [0.15, 0.2) is 0 Å². The average molecular weight is 357 g/mol. The van der Waals surface area contributed by atoms with Crippen molar-refractivity contribution in [2.75, 3.05) is 18.4 Å². The zero-order valence-corrected chi connectivity index (χ0v) is 14.0. The maximum absolute atomic E-state index is 12.7. The van der Waals surface area contributed by atoms with Crippen LogP contribution in [0.4, 0.5) is 19.0 Å². The van der Waals surface area contributed by atoms with Gasteiger partial charge in [0.1, 0.15) is 17.8 Å². The summed E-state index contributed by atoms with van der Waals surface area (Å²) >= 11 is 1.64. The van der Waals surface area contributed by atoms with Crippen molar-refractivity contribution in [2.45, 2.75) is 38.5 Å². The predicted octanol–water partition coefficient (Wildman–Crippen LogP) is 3.34. The summed E-state index contributed by atoms with van der Waals surface area (Å²) in [5, 5.41) is 6.22. The summed E-state index contributed by atoms with van der Waals surface area (Å²) in [5.74, 6) is 0.228. The molecule has 0 atom stereocenters. The number of nitrogens with zero attached hydrogens (tertiary/aromatic N) is 4. The van der Waals surface area contributed by atoms with Gasteiger partial charge in [-0.25, -0.2) is 15.0 Å². The van der Waals surface area contributed by atoms with Gasteiger partial charge in [0.2, 0.25) is 0 Å². The van der Waals surface area contributed by atoms with Crippen molar-refractivity contribution in [1.82, 2.24) is 19.9 Å². The lowest BCUT2D eigenvalue weighted by atomic mass is 10.0. The molecule has 1 aliphatic rings. The SMILES string of the molecule is Cc1nc(CN2CCC(Nc3cc(C(F)(F)F)ncn3)CC2)cs1. The Labute approximate surface area is 142 Å². The van der Waals surface area contributed by atoms with Crippen LogP contribution in [-0.2, 0) is 12.7 Å². The van der Waals surface area contributed by atoms with E-state index in [0.717, 1.165) is 55.6 Å². The fourth-order valence-electron chi connectivity index (χ4n) is 2.75. The van der Waals surface area contributed by atoms with Crippen LogP contribution in [0, 0.1) is 6.92 Å². The van der Waals surface area contributed by atoms with Crippen molar-refractivity contribution in [1.29, 1.82) is 0 Å². The van der Waals surface area contributed by atoms with Gasteiger partial charge in [-0.05, 0) is 19.8 Å². The zero-order chi connectivity index (χ0) is 17.2. The molecule has 0 saturated carbocycles. The van der Waals surface area contributed by atoms with Gasteiger partial charge in [-0.15, -0.1) is 11.3 Å². The zero-order valence-electron chi connectivity index (χ0n) is 13.2. The maximum atomic E-state index is 12.7. The molecule has 1 fully saturated rings. The monoisotopic (exact) mass is 357 g/mol.